The van der Waals surface area contributed by atoms with Crippen LogP contribution >= 0.6 is 0 Å². The number of carbonyl (C=O) groups is 4. The Balaban J connectivity index is 1.06. The number of aromatic hydroxyl groups is 3. The molecule has 91 heavy (non-hydrogen) atoms. The summed E-state index contributed by atoms with van der Waals surface area (Å²) in [5.41, 5.74) is -0.772. The number of aliphatic carboxylic acids is 1. The van der Waals surface area contributed by atoms with Crippen molar-refractivity contribution in [2.24, 2.45) is 0 Å². The number of methoxy groups -OCH3 is 4. The predicted octanol–water partition coefficient (Wildman–Crippen LogP) is -1.42. The normalized spacial score (nSPS) is 26.6. The predicted molar refractivity (Wildman–Crippen MR) is 297 cm³/mol. The van der Waals surface area contributed by atoms with Crippen LogP contribution in [0.1, 0.15) is 17.5 Å². The molecule has 15 atom stereocenters. The number of aliphatic hydroxyl groups excluding tert-OH is 9. The molecule has 13 N–H and O–H groups in total. The fourth-order valence-electron chi connectivity index (χ4n) is 9.20. The van der Waals surface area contributed by atoms with Gasteiger partial charge in [-0.2, -0.15) is 4.89 Å². The Bertz CT molecular complexity index is 3440. The Hall–Kier alpha value is -9.07. The van der Waals surface area contributed by atoms with Crippen LogP contribution in [0.2, 0.25) is 0 Å². The smallest absolute Gasteiger partial charge is 0.353 e. The summed E-state index contributed by atoms with van der Waals surface area (Å²) in [5.74, 6) is -8.41. The number of carboxylic acids is 1. The number of phenolic OH excluding ortho intramolecular Hbond substituents is 3. The number of phenols is 3. The molecule has 0 radical (unpaired) electrons. The van der Waals surface area contributed by atoms with Crippen molar-refractivity contribution < 1.29 is 157 Å². The molecule has 0 amide bonds. The molecule has 3 saturated heterocycles. The fraction of sp³-hybridized carbons (Fsp3) is 0.397. The molecule has 4 heterocycles. The van der Waals surface area contributed by atoms with E-state index in [0.29, 0.717) is 11.1 Å². The minimum Gasteiger partial charge on any atom is -0.504 e. The molecule has 5 aliphatic rings. The molecule has 33 heteroatoms. The first-order valence-electron chi connectivity index (χ1n) is 27.0. The second-order valence-corrected chi connectivity index (χ2v) is 20.1. The third-order valence-corrected chi connectivity index (χ3v) is 14.0. The van der Waals surface area contributed by atoms with Crippen molar-refractivity contribution in [2.75, 3.05) is 48.3 Å². The minimum absolute atomic E-state index is 0.0242. The van der Waals surface area contributed by atoms with Gasteiger partial charge < -0.3 is 128 Å². The highest BCUT2D eigenvalue weighted by molar-refractivity contribution is 5.90. The molecule has 492 valence electrons. The summed E-state index contributed by atoms with van der Waals surface area (Å²) in [6, 6.07) is 11.7. The standard InChI is InChI=1S/C58H62O33/c1-77-32-11-23(12-33(78-2)44(32)66)5-9-41(63)81-20-37-46(68)49(71)52(74)56(88-37)84-26-16-29(60)27-18-36(87-58-54(76)51(73)48(70)39(90-58)22-83-91-43(65)19-40(61)62)55(85-30(27)17-26)25-7-8-28(59)31(15-25)86-57-53(75)50(72)47(69)38(89-57)21-82-42(64)10-6-24-13-34(79-3)45(67)35(14-24)80-4/h5-18,37-39,46-54,56-59,66-76H,19-22H2,1-4H3,(H,61,62)/t37-,38-,39-,46-,47-,48-,49+,50+,51+,52-,53-,54-,56-,57-,58-/m1/s1. The van der Waals surface area contributed by atoms with E-state index in [1.54, 1.807) is 0 Å². The average molecular weight is 1290 g/mol. The molecule has 0 aromatic heterocycles. The summed E-state index contributed by atoms with van der Waals surface area (Å²) in [4.78, 5) is 71.6. The average Bonchev–Trinajstić information content (AvgIpc) is 0.814. The number of carboxylic acid groups (broad SMARTS) is 1. The zero-order valence-corrected chi connectivity index (χ0v) is 48.1. The number of carbonyl (C=O) groups excluding carboxylic acids is 3. The van der Waals surface area contributed by atoms with Crippen LogP contribution < -0.4 is 38.6 Å². The maximum atomic E-state index is 14.0. The SMILES string of the molecule is COc1cc(C=CC(=O)OC[C@H]2O[C@@H](Oc3cc4oc(-c5ccc(O)c(O[C@@H]6O[C@H](COC(=O)C=Cc7cc(OC)c(O)c(OC)c7)[C@@H](O)[C@H](O)[C@H]6O)c5)c(O[C@@H]5O[C@H](COOC(=O)CC(=O)O)[C@@H](O)[C@H](O)[C@H]5O)cc-4c(=O)c3)[C@H](O)[C@@H](O)[C@@H]2O)cc(OC)c1O. The Labute approximate surface area is 512 Å². The third kappa shape index (κ3) is 15.9. The maximum Gasteiger partial charge on any atom is 0.353 e. The van der Waals surface area contributed by atoms with Crippen LogP contribution in [0.4, 0.5) is 0 Å². The molecule has 3 aromatic rings. The lowest BCUT2D eigenvalue weighted by Gasteiger charge is -2.40. The van der Waals surface area contributed by atoms with Gasteiger partial charge in [-0.25, -0.2) is 14.4 Å². The molecule has 0 saturated carbocycles. The second kappa shape index (κ2) is 29.7. The molecular formula is C58H62O33. The van der Waals surface area contributed by atoms with Crippen LogP contribution in [0, 0.1) is 0 Å². The molecule has 4 aliphatic heterocycles. The Kier molecular flexibility index (Phi) is 22.1. The maximum absolute atomic E-state index is 14.0. The lowest BCUT2D eigenvalue weighted by Crippen LogP contribution is -2.60. The molecule has 33 nitrogen and oxygen atoms in total. The number of hydrogen-bond donors (Lipinski definition) is 13. The van der Waals surface area contributed by atoms with Crippen LogP contribution in [0.25, 0.3) is 34.8 Å². The summed E-state index contributed by atoms with van der Waals surface area (Å²) in [7, 11) is 5.18. The van der Waals surface area contributed by atoms with Gasteiger partial charge in [0.25, 0.3) is 0 Å². The zero-order valence-electron chi connectivity index (χ0n) is 48.1. The highest BCUT2D eigenvalue weighted by Crippen LogP contribution is 2.44. The zero-order chi connectivity index (χ0) is 66.1. The van der Waals surface area contributed by atoms with Crippen molar-refractivity contribution >= 4 is 36.0 Å². The number of hydrogen-bond acceptors (Lipinski definition) is 32. The van der Waals surface area contributed by atoms with Gasteiger partial charge in [-0.1, -0.05) is 0 Å². The van der Waals surface area contributed by atoms with Crippen molar-refractivity contribution in [2.45, 2.75) is 98.5 Å². The van der Waals surface area contributed by atoms with E-state index in [0.717, 1.165) is 42.5 Å². The molecular weight excluding hydrogens is 1220 g/mol. The quantitative estimate of drug-likeness (QED) is 0.0111. The highest BCUT2D eigenvalue weighted by Gasteiger charge is 2.49. The van der Waals surface area contributed by atoms with E-state index in [9.17, 15) is 85.3 Å². The lowest BCUT2D eigenvalue weighted by molar-refractivity contribution is -0.323. The van der Waals surface area contributed by atoms with E-state index in [-0.39, 0.29) is 51.4 Å². The Morgan fingerprint density at radius 2 is 0.945 bits per heavy atom. The van der Waals surface area contributed by atoms with Crippen molar-refractivity contribution in [3.8, 4) is 80.1 Å². The number of fused-ring (bicyclic) bond motifs is 1. The van der Waals surface area contributed by atoms with Crippen LogP contribution in [0.15, 0.2) is 82.0 Å². The molecule has 1 aliphatic carbocycles. The molecule has 8 rings (SSSR count). The van der Waals surface area contributed by atoms with Crippen LogP contribution in [0.3, 0.4) is 0 Å². The summed E-state index contributed by atoms with van der Waals surface area (Å²) in [6.07, 6.45) is -25.5. The monoisotopic (exact) mass is 1290 g/mol. The van der Waals surface area contributed by atoms with Crippen molar-refractivity contribution in [1.29, 1.82) is 0 Å². The summed E-state index contributed by atoms with van der Waals surface area (Å²) in [5, 5.41) is 139. The Morgan fingerprint density at radius 1 is 0.505 bits per heavy atom. The number of benzene rings is 4. The first-order chi connectivity index (χ1) is 43.3. The molecule has 0 bridgehead atoms. The fourth-order valence-corrected chi connectivity index (χ4v) is 9.20. The first-order valence-corrected chi connectivity index (χ1v) is 27.0. The largest absolute Gasteiger partial charge is 0.504 e. The lowest BCUT2D eigenvalue weighted by atomic mass is 9.99. The minimum atomic E-state index is -2.13. The van der Waals surface area contributed by atoms with Crippen molar-refractivity contribution in [3.05, 3.63) is 94.2 Å². The molecule has 0 unspecified atom stereocenters. The van der Waals surface area contributed by atoms with Crippen LogP contribution in [-0.4, -0.2) is 231 Å². The van der Waals surface area contributed by atoms with Crippen molar-refractivity contribution in [1.82, 2.24) is 0 Å². The van der Waals surface area contributed by atoms with E-state index < -0.39 is 176 Å². The van der Waals surface area contributed by atoms with Gasteiger partial charge in [-0.3, -0.25) is 14.5 Å². The second-order valence-electron chi connectivity index (χ2n) is 20.1. The van der Waals surface area contributed by atoms with Gasteiger partial charge in [0.15, 0.2) is 51.4 Å². The van der Waals surface area contributed by atoms with E-state index in [1.165, 1.54) is 70.9 Å². The molecule has 3 fully saturated rings. The number of rotatable bonds is 24. The summed E-state index contributed by atoms with van der Waals surface area (Å²) < 4.78 is 72.1. The number of esters is 2. The van der Waals surface area contributed by atoms with Crippen LogP contribution in [-0.2, 0) is 52.6 Å². The van der Waals surface area contributed by atoms with Gasteiger partial charge in [-0.15, -0.1) is 0 Å². The van der Waals surface area contributed by atoms with Gasteiger partial charge in [0.05, 0.1) is 34.0 Å². The summed E-state index contributed by atoms with van der Waals surface area (Å²) >= 11 is 0. The topological polar surface area (TPSA) is 491 Å². The Morgan fingerprint density at radius 3 is 1.40 bits per heavy atom. The van der Waals surface area contributed by atoms with Gasteiger partial charge >= 0.3 is 23.9 Å². The summed E-state index contributed by atoms with van der Waals surface area (Å²) in [6.45, 7) is -2.38. The van der Waals surface area contributed by atoms with Crippen LogP contribution in [0.5, 0.6) is 57.5 Å². The van der Waals surface area contributed by atoms with E-state index >= 15 is 0 Å². The van der Waals surface area contributed by atoms with Gasteiger partial charge in [0.2, 0.25) is 30.4 Å². The van der Waals surface area contributed by atoms with Gasteiger partial charge in [-0.05, 0) is 71.8 Å². The van der Waals surface area contributed by atoms with E-state index in [1.807, 2.05) is 0 Å². The highest BCUT2D eigenvalue weighted by atomic mass is 17.2. The number of aliphatic hydroxyl groups is 9. The molecule has 3 aromatic carbocycles. The first kappa shape index (κ1) is 67.9. The van der Waals surface area contributed by atoms with Gasteiger partial charge in [0, 0.05) is 29.8 Å². The number of ether oxygens (including phenoxy) is 12. The van der Waals surface area contributed by atoms with E-state index in [2.05, 4.69) is 4.89 Å². The van der Waals surface area contributed by atoms with E-state index in [4.69, 9.17) is 71.3 Å². The van der Waals surface area contributed by atoms with Gasteiger partial charge in [0.1, 0.15) is 111 Å². The third-order valence-electron chi connectivity index (χ3n) is 14.0. The molecule has 0 spiro atoms. The van der Waals surface area contributed by atoms with Crippen molar-refractivity contribution in [3.63, 3.8) is 0 Å².